The lowest BCUT2D eigenvalue weighted by Gasteiger charge is -2.35. The van der Waals surface area contributed by atoms with Crippen molar-refractivity contribution >= 4 is 5.69 Å². The number of ether oxygens (including phenoxy) is 1. The highest BCUT2D eigenvalue weighted by Gasteiger charge is 2.18. The van der Waals surface area contributed by atoms with Crippen molar-refractivity contribution in [3.63, 3.8) is 0 Å². The van der Waals surface area contributed by atoms with Crippen LogP contribution in [0.25, 0.3) is 11.4 Å². The van der Waals surface area contributed by atoms with Gasteiger partial charge in [0.15, 0.2) is 0 Å². The molecule has 1 aromatic heterocycles. The fourth-order valence-corrected chi connectivity index (χ4v) is 3.13. The van der Waals surface area contributed by atoms with Gasteiger partial charge in [0, 0.05) is 37.4 Å². The van der Waals surface area contributed by atoms with Crippen molar-refractivity contribution in [3.05, 3.63) is 54.6 Å². The maximum absolute atomic E-state index is 5.22. The SMILES string of the molecule is COc1ccc(N2CCN(Cn3nnc(-c4ccccc4)n3)CC2)cc1. The summed E-state index contributed by atoms with van der Waals surface area (Å²) in [6, 6.07) is 18.2. The molecule has 1 saturated heterocycles. The highest BCUT2D eigenvalue weighted by Crippen LogP contribution is 2.20. The average Bonchev–Trinajstić information content (AvgIpc) is 3.18. The third-order valence-electron chi connectivity index (χ3n) is 4.62. The van der Waals surface area contributed by atoms with Crippen molar-refractivity contribution < 1.29 is 4.74 Å². The van der Waals surface area contributed by atoms with E-state index < -0.39 is 0 Å². The van der Waals surface area contributed by atoms with Gasteiger partial charge in [-0.15, -0.1) is 15.0 Å². The fraction of sp³-hybridized carbons (Fsp3) is 0.316. The zero-order valence-electron chi connectivity index (χ0n) is 14.8. The molecule has 0 spiro atoms. The van der Waals surface area contributed by atoms with Crippen LogP contribution in [0.3, 0.4) is 0 Å². The molecule has 0 bridgehead atoms. The van der Waals surface area contributed by atoms with Crippen molar-refractivity contribution in [1.82, 2.24) is 25.1 Å². The van der Waals surface area contributed by atoms with Crippen LogP contribution in [-0.2, 0) is 6.67 Å². The van der Waals surface area contributed by atoms with E-state index in [-0.39, 0.29) is 0 Å². The van der Waals surface area contributed by atoms with E-state index in [0.717, 1.165) is 37.5 Å². The number of rotatable bonds is 5. The number of methoxy groups -OCH3 is 1. The second kappa shape index (κ2) is 7.53. The minimum absolute atomic E-state index is 0.663. The molecular weight excluding hydrogens is 328 g/mol. The van der Waals surface area contributed by atoms with E-state index in [1.165, 1.54) is 5.69 Å². The van der Waals surface area contributed by atoms with Crippen LogP contribution in [-0.4, -0.2) is 58.4 Å². The minimum atomic E-state index is 0.663. The molecule has 2 heterocycles. The molecule has 0 radical (unpaired) electrons. The summed E-state index contributed by atoms with van der Waals surface area (Å²) >= 11 is 0. The average molecular weight is 350 g/mol. The topological polar surface area (TPSA) is 59.3 Å². The lowest BCUT2D eigenvalue weighted by atomic mass is 10.2. The second-order valence-electron chi connectivity index (χ2n) is 6.30. The summed E-state index contributed by atoms with van der Waals surface area (Å²) in [7, 11) is 1.69. The van der Waals surface area contributed by atoms with E-state index in [4.69, 9.17) is 4.74 Å². The molecular formula is C19H22N6O. The standard InChI is InChI=1S/C19H22N6O/c1-26-18-9-7-17(8-10-18)24-13-11-23(12-14-24)15-25-21-19(20-22-25)16-5-3-2-4-6-16/h2-10H,11-15H2,1H3. The number of tetrazole rings is 1. The number of benzene rings is 2. The molecule has 4 rings (SSSR count). The Labute approximate surface area is 152 Å². The molecule has 7 heteroatoms. The van der Waals surface area contributed by atoms with Gasteiger partial charge in [0.1, 0.15) is 12.4 Å². The molecule has 1 aliphatic rings. The largest absolute Gasteiger partial charge is 0.497 e. The number of anilines is 1. The van der Waals surface area contributed by atoms with Gasteiger partial charge in [-0.2, -0.15) is 0 Å². The zero-order valence-corrected chi connectivity index (χ0v) is 14.8. The second-order valence-corrected chi connectivity index (χ2v) is 6.30. The summed E-state index contributed by atoms with van der Waals surface area (Å²) in [6.45, 7) is 4.55. The maximum atomic E-state index is 5.22. The smallest absolute Gasteiger partial charge is 0.204 e. The highest BCUT2D eigenvalue weighted by atomic mass is 16.5. The third-order valence-corrected chi connectivity index (χ3v) is 4.62. The first-order chi connectivity index (χ1) is 12.8. The number of piperazine rings is 1. The predicted octanol–water partition coefficient (Wildman–Crippen LogP) is 2.13. The molecule has 0 N–H and O–H groups in total. The van der Waals surface area contributed by atoms with E-state index in [0.29, 0.717) is 12.5 Å². The number of hydrogen-bond donors (Lipinski definition) is 0. The summed E-state index contributed by atoms with van der Waals surface area (Å²) in [5.41, 5.74) is 2.22. The lowest BCUT2D eigenvalue weighted by molar-refractivity contribution is 0.182. The summed E-state index contributed by atoms with van der Waals surface area (Å²) in [5, 5.41) is 12.8. The minimum Gasteiger partial charge on any atom is -0.497 e. The Balaban J connectivity index is 1.33. The van der Waals surface area contributed by atoms with Crippen molar-refractivity contribution in [2.24, 2.45) is 0 Å². The Kier molecular flexibility index (Phi) is 4.79. The highest BCUT2D eigenvalue weighted by molar-refractivity contribution is 5.53. The van der Waals surface area contributed by atoms with Gasteiger partial charge >= 0.3 is 0 Å². The monoisotopic (exact) mass is 350 g/mol. The Hall–Kier alpha value is -2.93. The molecule has 134 valence electrons. The Bertz CT molecular complexity index is 825. The van der Waals surface area contributed by atoms with Gasteiger partial charge in [0.2, 0.25) is 5.82 Å². The van der Waals surface area contributed by atoms with Crippen LogP contribution in [0, 0.1) is 0 Å². The van der Waals surface area contributed by atoms with Crippen LogP contribution >= 0.6 is 0 Å². The summed E-state index contributed by atoms with van der Waals surface area (Å²) < 4.78 is 5.22. The van der Waals surface area contributed by atoms with E-state index in [2.05, 4.69) is 37.3 Å². The summed E-state index contributed by atoms with van der Waals surface area (Å²) in [4.78, 5) is 6.40. The normalized spacial score (nSPS) is 15.2. The van der Waals surface area contributed by atoms with E-state index in [1.54, 1.807) is 11.9 Å². The molecule has 1 fully saturated rings. The van der Waals surface area contributed by atoms with E-state index >= 15 is 0 Å². The van der Waals surface area contributed by atoms with Crippen LogP contribution in [0.4, 0.5) is 5.69 Å². The molecule has 0 saturated carbocycles. The molecule has 0 amide bonds. The molecule has 1 aliphatic heterocycles. The van der Waals surface area contributed by atoms with Crippen LogP contribution in [0.1, 0.15) is 0 Å². The molecule has 0 aliphatic carbocycles. The molecule has 0 unspecified atom stereocenters. The Morgan fingerprint density at radius 3 is 2.35 bits per heavy atom. The van der Waals surface area contributed by atoms with Gasteiger partial charge in [-0.1, -0.05) is 30.3 Å². The molecule has 26 heavy (non-hydrogen) atoms. The van der Waals surface area contributed by atoms with Gasteiger partial charge in [0.25, 0.3) is 0 Å². The Morgan fingerprint density at radius 1 is 0.923 bits per heavy atom. The van der Waals surface area contributed by atoms with Gasteiger partial charge in [0.05, 0.1) is 7.11 Å². The number of nitrogens with zero attached hydrogens (tertiary/aromatic N) is 6. The van der Waals surface area contributed by atoms with Crippen molar-refractivity contribution in [2.75, 3.05) is 38.2 Å². The predicted molar refractivity (Wildman–Crippen MR) is 100 cm³/mol. The van der Waals surface area contributed by atoms with Crippen LogP contribution in [0.15, 0.2) is 54.6 Å². The zero-order chi connectivity index (χ0) is 17.8. The number of aromatic nitrogens is 4. The van der Waals surface area contributed by atoms with Crippen molar-refractivity contribution in [2.45, 2.75) is 6.67 Å². The quantitative estimate of drug-likeness (QED) is 0.703. The first-order valence-electron chi connectivity index (χ1n) is 8.76. The lowest BCUT2D eigenvalue weighted by Crippen LogP contribution is -2.47. The third kappa shape index (κ3) is 3.67. The van der Waals surface area contributed by atoms with Crippen LogP contribution in [0.2, 0.25) is 0 Å². The van der Waals surface area contributed by atoms with Gasteiger partial charge in [-0.25, -0.2) is 0 Å². The Morgan fingerprint density at radius 2 is 1.65 bits per heavy atom. The molecule has 3 aromatic rings. The molecule has 7 nitrogen and oxygen atoms in total. The molecule has 0 atom stereocenters. The van der Waals surface area contributed by atoms with Crippen molar-refractivity contribution in [3.8, 4) is 17.1 Å². The fourth-order valence-electron chi connectivity index (χ4n) is 3.13. The first-order valence-corrected chi connectivity index (χ1v) is 8.76. The van der Waals surface area contributed by atoms with Crippen molar-refractivity contribution in [1.29, 1.82) is 0 Å². The van der Waals surface area contributed by atoms with E-state index in [1.807, 2.05) is 42.5 Å². The molecule has 2 aromatic carbocycles. The first kappa shape index (κ1) is 16.5. The van der Waals surface area contributed by atoms with E-state index in [9.17, 15) is 0 Å². The van der Waals surface area contributed by atoms with Crippen LogP contribution < -0.4 is 9.64 Å². The number of hydrogen-bond acceptors (Lipinski definition) is 6. The summed E-state index contributed by atoms with van der Waals surface area (Å²) in [5.74, 6) is 1.56. The summed E-state index contributed by atoms with van der Waals surface area (Å²) in [6.07, 6.45) is 0. The van der Waals surface area contributed by atoms with Crippen LogP contribution in [0.5, 0.6) is 5.75 Å². The van der Waals surface area contributed by atoms with Gasteiger partial charge < -0.3 is 9.64 Å². The maximum Gasteiger partial charge on any atom is 0.204 e. The van der Waals surface area contributed by atoms with Gasteiger partial charge in [-0.3, -0.25) is 4.90 Å². The van der Waals surface area contributed by atoms with Gasteiger partial charge in [-0.05, 0) is 29.5 Å².